The Morgan fingerprint density at radius 3 is 1.67 bits per heavy atom. The van der Waals surface area contributed by atoms with Gasteiger partial charge in [-0.1, -0.05) is 0 Å². The Labute approximate surface area is 58.6 Å². The third-order valence-corrected chi connectivity index (χ3v) is 0.616. The highest BCUT2D eigenvalue weighted by molar-refractivity contribution is 4.23. The zero-order valence-corrected chi connectivity index (χ0v) is 5.49. The van der Waals surface area contributed by atoms with Crippen molar-refractivity contribution >= 4 is 0 Å². The molecule has 0 aromatic heterocycles. The second-order valence-corrected chi connectivity index (χ2v) is 1.49. The van der Waals surface area contributed by atoms with E-state index < -0.39 is 4.97 Å². The van der Waals surface area contributed by atoms with Gasteiger partial charge in [-0.05, 0) is 0 Å². The summed E-state index contributed by atoms with van der Waals surface area (Å²) in [4.78, 5) is -2.05. The maximum atomic E-state index is 8.09. The Balaban J connectivity index is 0. The molecule has 0 atom stereocenters. The molecule has 0 bridgehead atoms. The molecule has 5 nitrogen and oxygen atoms in total. The Bertz CT molecular complexity index is 63.3. The first-order chi connectivity index (χ1) is 3.56. The molecular weight excluding hydrogens is 149 g/mol. The van der Waals surface area contributed by atoms with Crippen LogP contribution in [0.5, 0.6) is 0 Å². The second kappa shape index (κ2) is 4.92. The zero-order chi connectivity index (χ0) is 6.62. The number of hydrogen-bond acceptors (Lipinski definition) is 4. The van der Waals surface area contributed by atoms with E-state index in [1.807, 2.05) is 0 Å². The van der Waals surface area contributed by atoms with Crippen LogP contribution in [0.3, 0.4) is 0 Å². The van der Waals surface area contributed by atoms with Crippen LogP contribution in [-0.4, -0.2) is 38.9 Å². The fraction of sp³-hybridized carbons (Fsp3) is 1.00. The molecule has 0 rings (SSSR count). The number of aliphatic hydroxyl groups excluding tert-OH is 1. The lowest BCUT2D eigenvalue weighted by Crippen LogP contribution is -3.00. The largest absolute Gasteiger partial charge is 1.00 e. The van der Waals surface area contributed by atoms with Gasteiger partial charge in [-0.15, -0.1) is 15.6 Å². The van der Waals surface area contributed by atoms with Crippen molar-refractivity contribution < 1.29 is 38.1 Å². The summed E-state index contributed by atoms with van der Waals surface area (Å²) in [5, 5.41) is 32.3. The van der Waals surface area contributed by atoms with Gasteiger partial charge in [-0.3, -0.25) is 0 Å². The quantitative estimate of drug-likeness (QED) is 0.253. The summed E-state index contributed by atoms with van der Waals surface area (Å²) < 4.78 is 0. The molecule has 0 aliphatic rings. The van der Waals surface area contributed by atoms with Crippen LogP contribution in [0.1, 0.15) is 6.42 Å². The first-order valence-corrected chi connectivity index (χ1v) is 2.23. The molecule has 0 saturated carbocycles. The van der Waals surface area contributed by atoms with Crippen LogP contribution in [0.15, 0.2) is 0 Å². The van der Waals surface area contributed by atoms with E-state index >= 15 is 0 Å². The van der Waals surface area contributed by atoms with E-state index in [1.54, 1.807) is 0 Å². The number of quaternary nitrogens is 1. The van der Waals surface area contributed by atoms with Gasteiger partial charge < -0.3 is 17.5 Å². The average molecular weight is 160 g/mol. The summed E-state index contributed by atoms with van der Waals surface area (Å²) in [5.74, 6) is 0. The number of nitrogens with zero attached hydrogens (tertiary/aromatic N) is 1. The molecule has 0 heterocycles. The van der Waals surface area contributed by atoms with Gasteiger partial charge in [0.25, 0.3) is 0 Å². The SMILES string of the molecule is OCCC[N+](O)(O)O.[Cl-]. The molecular formula is C3H10ClNO4. The van der Waals surface area contributed by atoms with Gasteiger partial charge in [0.05, 0.1) is 4.97 Å². The summed E-state index contributed by atoms with van der Waals surface area (Å²) >= 11 is 0. The minimum absolute atomic E-state index is 0. The van der Waals surface area contributed by atoms with Crippen LogP contribution in [-0.2, 0) is 0 Å². The number of aliphatic hydroxyl groups is 1. The van der Waals surface area contributed by atoms with Gasteiger partial charge in [0.15, 0.2) is 6.54 Å². The molecule has 6 heteroatoms. The van der Waals surface area contributed by atoms with E-state index in [9.17, 15) is 0 Å². The highest BCUT2D eigenvalue weighted by atomic mass is 35.5. The lowest BCUT2D eigenvalue weighted by atomic mass is 10.5. The van der Waals surface area contributed by atoms with E-state index in [1.165, 1.54) is 0 Å². The van der Waals surface area contributed by atoms with Crippen LogP contribution in [0.4, 0.5) is 0 Å². The maximum absolute atomic E-state index is 8.09. The molecule has 0 fully saturated rings. The summed E-state index contributed by atoms with van der Waals surface area (Å²) in [6, 6.07) is 0. The van der Waals surface area contributed by atoms with Crippen molar-refractivity contribution in [2.75, 3.05) is 13.2 Å². The predicted octanol–water partition coefficient (Wildman–Crippen LogP) is -3.64. The van der Waals surface area contributed by atoms with Gasteiger partial charge in [-0.2, -0.15) is 0 Å². The monoisotopic (exact) mass is 159 g/mol. The molecule has 58 valence electrons. The highest BCUT2D eigenvalue weighted by Gasteiger charge is 2.15. The van der Waals surface area contributed by atoms with E-state index in [4.69, 9.17) is 20.7 Å². The molecule has 0 radical (unpaired) electrons. The van der Waals surface area contributed by atoms with E-state index in [-0.39, 0.29) is 32.0 Å². The van der Waals surface area contributed by atoms with E-state index in [2.05, 4.69) is 0 Å². The minimum atomic E-state index is -2.05. The first kappa shape index (κ1) is 11.8. The summed E-state index contributed by atoms with van der Waals surface area (Å²) in [6.07, 6.45) is 0.156. The summed E-state index contributed by atoms with van der Waals surface area (Å²) in [6.45, 7) is -0.446. The van der Waals surface area contributed by atoms with Gasteiger partial charge in [0.2, 0.25) is 0 Å². The van der Waals surface area contributed by atoms with Crippen molar-refractivity contribution in [3.63, 3.8) is 0 Å². The number of hydrogen-bond donors (Lipinski definition) is 4. The topological polar surface area (TPSA) is 80.9 Å². The maximum Gasteiger partial charge on any atom is 0.179 e. The standard InChI is InChI=1S/C3H10NO4.ClH/c5-3-1-2-4(6,7)8;/h5-8H,1-3H2;1H/q+1;/p-1. The molecule has 0 aliphatic heterocycles. The van der Waals surface area contributed by atoms with Gasteiger partial charge in [0.1, 0.15) is 0 Å². The molecule has 0 aromatic rings. The average Bonchev–Trinajstić information content (AvgIpc) is 1.59. The van der Waals surface area contributed by atoms with Gasteiger partial charge in [-0.25, -0.2) is 0 Å². The second-order valence-electron chi connectivity index (χ2n) is 1.49. The van der Waals surface area contributed by atoms with Crippen LogP contribution < -0.4 is 12.4 Å². The molecule has 0 unspecified atom stereocenters. The van der Waals surface area contributed by atoms with E-state index in [0.717, 1.165) is 0 Å². The van der Waals surface area contributed by atoms with Crippen molar-refractivity contribution in [3.8, 4) is 0 Å². The fourth-order valence-corrected chi connectivity index (χ4v) is 0.283. The Hall–Kier alpha value is 0.0900. The smallest absolute Gasteiger partial charge is 0.179 e. The minimum Gasteiger partial charge on any atom is -1.00 e. The van der Waals surface area contributed by atoms with Crippen molar-refractivity contribution in [1.29, 1.82) is 0 Å². The Kier molecular flexibility index (Phi) is 6.47. The van der Waals surface area contributed by atoms with Crippen LogP contribution >= 0.6 is 0 Å². The lowest BCUT2D eigenvalue weighted by Gasteiger charge is -2.09. The van der Waals surface area contributed by atoms with Crippen molar-refractivity contribution in [2.24, 2.45) is 0 Å². The van der Waals surface area contributed by atoms with Crippen molar-refractivity contribution in [1.82, 2.24) is 0 Å². The molecule has 0 aromatic carbocycles. The first-order valence-electron chi connectivity index (χ1n) is 2.23. The third kappa shape index (κ3) is 11.6. The molecule has 4 N–H and O–H groups in total. The van der Waals surface area contributed by atoms with Gasteiger partial charge in [0, 0.05) is 13.0 Å². The molecule has 0 spiro atoms. The third-order valence-electron chi connectivity index (χ3n) is 0.616. The molecule has 9 heavy (non-hydrogen) atoms. The van der Waals surface area contributed by atoms with E-state index in [0.29, 0.717) is 0 Å². The lowest BCUT2D eigenvalue weighted by molar-refractivity contribution is -1.37. The molecule has 0 aliphatic carbocycles. The van der Waals surface area contributed by atoms with Crippen molar-refractivity contribution in [2.45, 2.75) is 6.42 Å². The predicted molar refractivity (Wildman–Crippen MR) is 22.2 cm³/mol. The van der Waals surface area contributed by atoms with Crippen LogP contribution in [0.25, 0.3) is 0 Å². The Morgan fingerprint density at radius 2 is 1.56 bits per heavy atom. The number of rotatable bonds is 3. The zero-order valence-electron chi connectivity index (χ0n) is 4.74. The van der Waals surface area contributed by atoms with Crippen molar-refractivity contribution in [3.05, 3.63) is 0 Å². The normalized spacial score (nSPS) is 10.7. The molecule has 0 saturated heterocycles. The summed E-state index contributed by atoms with van der Waals surface area (Å²) in [5.41, 5.74) is 0. The summed E-state index contributed by atoms with van der Waals surface area (Å²) in [7, 11) is 0. The number of hydroxylamine groups is 3. The highest BCUT2D eigenvalue weighted by Crippen LogP contribution is 1.88. The number of halogens is 1. The van der Waals surface area contributed by atoms with Crippen LogP contribution in [0, 0.1) is 0 Å². The van der Waals surface area contributed by atoms with Crippen LogP contribution in [0.2, 0.25) is 0 Å². The van der Waals surface area contributed by atoms with Gasteiger partial charge >= 0.3 is 0 Å². The fourth-order valence-electron chi connectivity index (χ4n) is 0.283. The Morgan fingerprint density at radius 1 is 1.11 bits per heavy atom. The molecule has 0 amide bonds.